The molecule has 6 nitrogen and oxygen atoms in total. The molecule has 0 fully saturated rings. The van der Waals surface area contributed by atoms with Gasteiger partial charge in [0.15, 0.2) is 5.82 Å². The minimum atomic E-state index is 0. The Kier molecular flexibility index (Phi) is 5.75. The Morgan fingerprint density at radius 3 is 2.58 bits per heavy atom. The Morgan fingerprint density at radius 2 is 1.92 bits per heavy atom. The van der Waals surface area contributed by atoms with Gasteiger partial charge < -0.3 is 9.84 Å². The molecule has 128 valence electrons. The van der Waals surface area contributed by atoms with Crippen molar-refractivity contribution in [1.82, 2.24) is 25.2 Å². The van der Waals surface area contributed by atoms with Crippen molar-refractivity contribution in [2.45, 2.75) is 33.2 Å². The predicted octanol–water partition coefficient (Wildman–Crippen LogP) is 3.11. The van der Waals surface area contributed by atoms with E-state index in [0.717, 1.165) is 29.1 Å². The van der Waals surface area contributed by atoms with Gasteiger partial charge in [0.1, 0.15) is 0 Å². The van der Waals surface area contributed by atoms with E-state index in [-0.39, 0.29) is 12.4 Å². The number of para-hydroxylation sites is 1. The van der Waals surface area contributed by atoms with Crippen LogP contribution in [0.15, 0.2) is 34.9 Å². The maximum absolute atomic E-state index is 5.46. The molecule has 24 heavy (non-hydrogen) atoms. The fourth-order valence-corrected chi connectivity index (χ4v) is 2.59. The van der Waals surface area contributed by atoms with Crippen molar-refractivity contribution in [2.24, 2.45) is 0 Å². The highest BCUT2D eigenvalue weighted by atomic mass is 35.5. The third-order valence-corrected chi connectivity index (χ3v) is 3.96. The normalized spacial score (nSPS) is 12.0. The third kappa shape index (κ3) is 3.49. The first kappa shape index (κ1) is 18.2. The minimum Gasteiger partial charge on any atom is -0.334 e. The number of nitrogens with one attached hydrogen (secondary N) is 1. The summed E-state index contributed by atoms with van der Waals surface area (Å²) in [6, 6.07) is 10.3. The SMILES string of the molecule is CNC(C)Cc1noc(-c2c(C)nn(-c3ccccc3)c2C)n1.Cl. The van der Waals surface area contributed by atoms with Crippen molar-refractivity contribution in [3.8, 4) is 17.1 Å². The van der Waals surface area contributed by atoms with Crippen molar-refractivity contribution < 1.29 is 4.52 Å². The molecular weight excluding hydrogens is 326 g/mol. The molecule has 0 saturated carbocycles. The molecule has 0 bridgehead atoms. The fraction of sp³-hybridized carbons (Fsp3) is 0.353. The second-order valence-electron chi connectivity index (χ2n) is 5.70. The zero-order chi connectivity index (χ0) is 16.4. The van der Waals surface area contributed by atoms with Gasteiger partial charge in [-0.15, -0.1) is 12.4 Å². The number of likely N-dealkylation sites (N-methyl/N-ethyl adjacent to an activating group) is 1. The number of aromatic nitrogens is 4. The van der Waals surface area contributed by atoms with Gasteiger partial charge in [-0.2, -0.15) is 10.1 Å². The van der Waals surface area contributed by atoms with E-state index in [9.17, 15) is 0 Å². The van der Waals surface area contributed by atoms with Crippen LogP contribution in [-0.2, 0) is 6.42 Å². The summed E-state index contributed by atoms with van der Waals surface area (Å²) in [6.07, 6.45) is 0.727. The first-order valence-corrected chi connectivity index (χ1v) is 7.72. The van der Waals surface area contributed by atoms with Crippen molar-refractivity contribution >= 4 is 12.4 Å². The smallest absolute Gasteiger partial charge is 0.261 e. The zero-order valence-corrected chi connectivity index (χ0v) is 15.1. The summed E-state index contributed by atoms with van der Waals surface area (Å²) in [5, 5.41) is 11.9. The van der Waals surface area contributed by atoms with Crippen LogP contribution in [0.2, 0.25) is 0 Å². The fourth-order valence-electron chi connectivity index (χ4n) is 2.59. The van der Waals surface area contributed by atoms with Crippen molar-refractivity contribution in [3.63, 3.8) is 0 Å². The quantitative estimate of drug-likeness (QED) is 0.768. The van der Waals surface area contributed by atoms with E-state index in [1.54, 1.807) is 0 Å². The van der Waals surface area contributed by atoms with E-state index in [1.807, 2.05) is 55.9 Å². The predicted molar refractivity (Wildman–Crippen MR) is 95.8 cm³/mol. The number of hydrogen-bond donors (Lipinski definition) is 1. The molecule has 3 aromatic rings. The number of benzene rings is 1. The zero-order valence-electron chi connectivity index (χ0n) is 14.3. The Balaban J connectivity index is 0.00000208. The summed E-state index contributed by atoms with van der Waals surface area (Å²) in [5.74, 6) is 1.23. The van der Waals surface area contributed by atoms with Gasteiger partial charge in [0.25, 0.3) is 5.89 Å². The Hall–Kier alpha value is -2.18. The maximum atomic E-state index is 5.46. The van der Waals surface area contributed by atoms with E-state index in [1.165, 1.54) is 0 Å². The van der Waals surface area contributed by atoms with Gasteiger partial charge >= 0.3 is 0 Å². The van der Waals surface area contributed by atoms with Crippen LogP contribution in [0.1, 0.15) is 24.1 Å². The molecule has 7 heteroatoms. The lowest BCUT2D eigenvalue weighted by atomic mass is 10.2. The number of nitrogens with zero attached hydrogens (tertiary/aromatic N) is 4. The summed E-state index contributed by atoms with van der Waals surface area (Å²) in [5.41, 5.74) is 3.79. The van der Waals surface area contributed by atoms with Crippen LogP contribution in [0.5, 0.6) is 0 Å². The molecule has 1 aromatic carbocycles. The Morgan fingerprint density at radius 1 is 1.21 bits per heavy atom. The lowest BCUT2D eigenvalue weighted by Gasteiger charge is -2.04. The summed E-state index contributed by atoms with van der Waals surface area (Å²) in [4.78, 5) is 4.53. The average molecular weight is 348 g/mol. The molecule has 2 heterocycles. The Labute approximate surface area is 147 Å². The molecule has 2 aromatic heterocycles. The van der Waals surface area contributed by atoms with E-state index in [0.29, 0.717) is 17.8 Å². The third-order valence-electron chi connectivity index (χ3n) is 3.96. The van der Waals surface area contributed by atoms with Gasteiger partial charge in [-0.3, -0.25) is 0 Å². The van der Waals surface area contributed by atoms with Gasteiger partial charge in [0.2, 0.25) is 0 Å². The molecule has 3 rings (SSSR count). The molecule has 1 N–H and O–H groups in total. The van der Waals surface area contributed by atoms with E-state index < -0.39 is 0 Å². The van der Waals surface area contributed by atoms with Gasteiger partial charge in [-0.05, 0) is 40.0 Å². The number of halogens is 1. The summed E-state index contributed by atoms with van der Waals surface area (Å²) < 4.78 is 7.37. The molecular formula is C17H22ClN5O. The first-order chi connectivity index (χ1) is 11.1. The highest BCUT2D eigenvalue weighted by Gasteiger charge is 2.20. The number of rotatable bonds is 5. The van der Waals surface area contributed by atoms with Crippen LogP contribution in [0.25, 0.3) is 17.1 Å². The molecule has 0 spiro atoms. The van der Waals surface area contributed by atoms with Gasteiger partial charge in [-0.1, -0.05) is 23.4 Å². The average Bonchev–Trinajstić information content (AvgIpc) is 3.12. The minimum absolute atomic E-state index is 0. The van der Waals surface area contributed by atoms with E-state index >= 15 is 0 Å². The lowest BCUT2D eigenvalue weighted by Crippen LogP contribution is -2.24. The molecule has 0 amide bonds. The van der Waals surface area contributed by atoms with Gasteiger partial charge in [0.05, 0.1) is 22.6 Å². The van der Waals surface area contributed by atoms with Crippen LogP contribution >= 0.6 is 12.4 Å². The van der Waals surface area contributed by atoms with Crippen LogP contribution in [-0.4, -0.2) is 33.0 Å². The van der Waals surface area contributed by atoms with Gasteiger partial charge in [0, 0.05) is 12.5 Å². The van der Waals surface area contributed by atoms with Gasteiger partial charge in [-0.25, -0.2) is 4.68 Å². The topological polar surface area (TPSA) is 68.8 Å². The van der Waals surface area contributed by atoms with Crippen LogP contribution in [0.4, 0.5) is 0 Å². The number of aryl methyl sites for hydroxylation is 1. The first-order valence-electron chi connectivity index (χ1n) is 7.72. The largest absolute Gasteiger partial charge is 0.334 e. The van der Waals surface area contributed by atoms with E-state index in [4.69, 9.17) is 4.52 Å². The van der Waals surface area contributed by atoms with Crippen LogP contribution in [0, 0.1) is 13.8 Å². The van der Waals surface area contributed by atoms with Crippen molar-refractivity contribution in [3.05, 3.63) is 47.5 Å². The second-order valence-corrected chi connectivity index (χ2v) is 5.70. The van der Waals surface area contributed by atoms with Crippen LogP contribution in [0.3, 0.4) is 0 Å². The summed E-state index contributed by atoms with van der Waals surface area (Å²) in [6.45, 7) is 6.06. The number of hydrogen-bond acceptors (Lipinski definition) is 5. The van der Waals surface area contributed by atoms with Crippen molar-refractivity contribution in [1.29, 1.82) is 0 Å². The molecule has 1 unspecified atom stereocenters. The summed E-state index contributed by atoms with van der Waals surface area (Å²) >= 11 is 0. The monoisotopic (exact) mass is 347 g/mol. The maximum Gasteiger partial charge on any atom is 0.261 e. The van der Waals surface area contributed by atoms with Crippen LogP contribution < -0.4 is 5.32 Å². The molecule has 0 aliphatic carbocycles. The summed E-state index contributed by atoms with van der Waals surface area (Å²) in [7, 11) is 1.92. The highest BCUT2D eigenvalue weighted by Crippen LogP contribution is 2.27. The highest BCUT2D eigenvalue weighted by molar-refractivity contribution is 5.85. The Bertz CT molecular complexity index is 797. The molecule has 0 saturated heterocycles. The van der Waals surface area contributed by atoms with E-state index in [2.05, 4.69) is 27.5 Å². The lowest BCUT2D eigenvalue weighted by molar-refractivity contribution is 0.418. The molecule has 0 aliphatic heterocycles. The molecule has 1 atom stereocenters. The second kappa shape index (κ2) is 7.59. The van der Waals surface area contributed by atoms with Crippen molar-refractivity contribution in [2.75, 3.05) is 7.05 Å². The molecule has 0 radical (unpaired) electrons. The molecule has 0 aliphatic rings. The standard InChI is InChI=1S/C17H21N5O.ClH/c1-11(18-4)10-15-19-17(23-21-15)16-12(2)20-22(13(16)3)14-8-6-5-7-9-14;/h5-9,11,18H,10H2,1-4H3;1H.